The molecule has 26 heavy (non-hydrogen) atoms. The van der Waals surface area contributed by atoms with Crippen molar-refractivity contribution in [3.8, 4) is 0 Å². The van der Waals surface area contributed by atoms with Crippen molar-refractivity contribution in [1.29, 1.82) is 0 Å². The molecule has 2 atom stereocenters. The molecule has 0 fully saturated rings. The van der Waals surface area contributed by atoms with Gasteiger partial charge in [0.05, 0.1) is 12.1 Å². The predicted octanol–water partition coefficient (Wildman–Crippen LogP) is 3.35. The molecule has 4 rings (SSSR count). The number of rotatable bonds is 6. The Morgan fingerprint density at radius 3 is 2.81 bits per heavy atom. The van der Waals surface area contributed by atoms with E-state index in [0.717, 1.165) is 39.3 Å². The SMILES string of the molecule is CCN(CC)C[C@@H](O)CN1CCn2c3c(c4cc(C)ccc42)CCC[C@@H]31. The van der Waals surface area contributed by atoms with Crippen LogP contribution in [0.3, 0.4) is 0 Å². The monoisotopic (exact) mass is 355 g/mol. The van der Waals surface area contributed by atoms with E-state index >= 15 is 0 Å². The van der Waals surface area contributed by atoms with Crippen molar-refractivity contribution in [2.75, 3.05) is 32.7 Å². The maximum Gasteiger partial charge on any atom is 0.0794 e. The smallest absolute Gasteiger partial charge is 0.0794 e. The van der Waals surface area contributed by atoms with Gasteiger partial charge in [-0.3, -0.25) is 4.90 Å². The van der Waals surface area contributed by atoms with Crippen LogP contribution >= 0.6 is 0 Å². The van der Waals surface area contributed by atoms with Crippen molar-refractivity contribution in [2.45, 2.75) is 58.7 Å². The van der Waals surface area contributed by atoms with Crippen LogP contribution in [0.2, 0.25) is 0 Å². The van der Waals surface area contributed by atoms with Crippen LogP contribution in [-0.4, -0.2) is 58.3 Å². The lowest BCUT2D eigenvalue weighted by atomic mass is 9.89. The molecule has 1 aliphatic carbocycles. The molecule has 2 aliphatic rings. The zero-order valence-electron chi connectivity index (χ0n) is 16.5. The number of hydrogen-bond acceptors (Lipinski definition) is 3. The fraction of sp³-hybridized carbons (Fsp3) is 0.636. The number of aryl methyl sites for hydroxylation is 2. The van der Waals surface area contributed by atoms with Crippen LogP contribution in [0.15, 0.2) is 18.2 Å². The van der Waals surface area contributed by atoms with Crippen molar-refractivity contribution in [3.05, 3.63) is 35.0 Å². The van der Waals surface area contributed by atoms with Gasteiger partial charge in [-0.1, -0.05) is 25.5 Å². The van der Waals surface area contributed by atoms with E-state index in [1.54, 1.807) is 5.56 Å². The highest BCUT2D eigenvalue weighted by Gasteiger charge is 2.35. The molecule has 4 heteroatoms. The summed E-state index contributed by atoms with van der Waals surface area (Å²) < 4.78 is 2.57. The molecular formula is C22H33N3O. The molecule has 0 bridgehead atoms. The van der Waals surface area contributed by atoms with Gasteiger partial charge in [0.1, 0.15) is 0 Å². The Balaban J connectivity index is 1.61. The fourth-order valence-corrected chi connectivity index (χ4v) is 5.12. The molecule has 0 amide bonds. The minimum Gasteiger partial charge on any atom is -0.390 e. The number of benzene rings is 1. The Morgan fingerprint density at radius 2 is 2.04 bits per heavy atom. The maximum absolute atomic E-state index is 10.7. The summed E-state index contributed by atoms with van der Waals surface area (Å²) in [5, 5.41) is 12.1. The zero-order valence-corrected chi connectivity index (χ0v) is 16.5. The van der Waals surface area contributed by atoms with E-state index in [9.17, 15) is 5.11 Å². The minimum absolute atomic E-state index is 0.265. The summed E-state index contributed by atoms with van der Waals surface area (Å²) in [4.78, 5) is 4.87. The van der Waals surface area contributed by atoms with Crippen molar-refractivity contribution in [2.24, 2.45) is 0 Å². The molecule has 0 saturated carbocycles. The average Bonchev–Trinajstić information content (AvgIpc) is 2.96. The quantitative estimate of drug-likeness (QED) is 0.862. The summed E-state index contributed by atoms with van der Waals surface area (Å²) >= 11 is 0. The molecule has 1 aliphatic heterocycles. The molecule has 2 aromatic rings. The number of likely N-dealkylation sites (N-methyl/N-ethyl adjacent to an activating group) is 1. The molecule has 1 aromatic heterocycles. The topological polar surface area (TPSA) is 31.6 Å². The molecule has 4 nitrogen and oxygen atoms in total. The van der Waals surface area contributed by atoms with Crippen molar-refractivity contribution in [3.63, 3.8) is 0 Å². The lowest BCUT2D eigenvalue weighted by Crippen LogP contribution is -2.46. The van der Waals surface area contributed by atoms with E-state index < -0.39 is 0 Å². The molecule has 0 spiro atoms. The van der Waals surface area contributed by atoms with Crippen molar-refractivity contribution in [1.82, 2.24) is 14.4 Å². The fourth-order valence-electron chi connectivity index (χ4n) is 5.12. The normalized spacial score (nSPS) is 21.3. The first kappa shape index (κ1) is 18.0. The second-order valence-electron chi connectivity index (χ2n) is 8.08. The van der Waals surface area contributed by atoms with Gasteiger partial charge in [-0.25, -0.2) is 0 Å². The largest absolute Gasteiger partial charge is 0.390 e. The third-order valence-corrected chi connectivity index (χ3v) is 6.45. The number of aromatic nitrogens is 1. The van der Waals surface area contributed by atoms with Gasteiger partial charge in [-0.15, -0.1) is 0 Å². The highest BCUT2D eigenvalue weighted by molar-refractivity contribution is 5.87. The van der Waals surface area contributed by atoms with Gasteiger partial charge in [0, 0.05) is 42.8 Å². The summed E-state index contributed by atoms with van der Waals surface area (Å²) in [6.45, 7) is 12.2. The van der Waals surface area contributed by atoms with Crippen LogP contribution in [0.4, 0.5) is 0 Å². The minimum atomic E-state index is -0.265. The second kappa shape index (κ2) is 7.34. The highest BCUT2D eigenvalue weighted by Crippen LogP contribution is 2.42. The molecule has 0 unspecified atom stereocenters. The van der Waals surface area contributed by atoms with Gasteiger partial charge in [0.25, 0.3) is 0 Å². The molecule has 0 radical (unpaired) electrons. The summed E-state index contributed by atoms with van der Waals surface area (Å²) in [5.74, 6) is 0. The van der Waals surface area contributed by atoms with E-state index in [1.807, 2.05) is 0 Å². The predicted molar refractivity (Wildman–Crippen MR) is 108 cm³/mol. The van der Waals surface area contributed by atoms with E-state index in [4.69, 9.17) is 0 Å². The zero-order chi connectivity index (χ0) is 18.3. The van der Waals surface area contributed by atoms with Crippen LogP contribution in [-0.2, 0) is 13.0 Å². The van der Waals surface area contributed by atoms with E-state index in [-0.39, 0.29) is 6.10 Å². The van der Waals surface area contributed by atoms with Crippen molar-refractivity contribution >= 4 is 10.9 Å². The van der Waals surface area contributed by atoms with Gasteiger partial charge >= 0.3 is 0 Å². The standard InChI is InChI=1S/C22H33N3O/c1-4-23(5-2)14-17(26)15-24-11-12-25-20-10-9-16(3)13-19(20)18-7-6-8-21(24)22(18)25/h9-10,13,17,21,26H,4-8,11-12,14-15H2,1-3H3/t17-,21+/m1/s1. The van der Waals surface area contributed by atoms with Gasteiger partial charge in [0.15, 0.2) is 0 Å². The van der Waals surface area contributed by atoms with Crippen LogP contribution in [0.1, 0.15) is 49.6 Å². The van der Waals surface area contributed by atoms with Gasteiger partial charge < -0.3 is 14.6 Å². The first-order valence-corrected chi connectivity index (χ1v) is 10.4. The summed E-state index contributed by atoms with van der Waals surface area (Å²) in [5.41, 5.74) is 5.88. The lowest BCUT2D eigenvalue weighted by molar-refractivity contribution is 0.0439. The Kier molecular flexibility index (Phi) is 5.09. The first-order chi connectivity index (χ1) is 12.6. The molecular weight excluding hydrogens is 322 g/mol. The third kappa shape index (κ3) is 3.08. The van der Waals surface area contributed by atoms with Gasteiger partial charge in [-0.05, 0) is 57.0 Å². The molecule has 142 valence electrons. The summed E-state index contributed by atoms with van der Waals surface area (Å²) in [6.07, 6.45) is 3.42. The Labute approximate surface area is 157 Å². The molecule has 1 N–H and O–H groups in total. The van der Waals surface area contributed by atoms with Crippen LogP contribution in [0.5, 0.6) is 0 Å². The second-order valence-corrected chi connectivity index (χ2v) is 8.08. The summed E-state index contributed by atoms with van der Waals surface area (Å²) in [7, 11) is 0. The van der Waals surface area contributed by atoms with E-state index in [2.05, 4.69) is 53.3 Å². The Bertz CT molecular complexity index is 777. The number of fused-ring (bicyclic) bond motifs is 3. The van der Waals surface area contributed by atoms with E-state index in [0.29, 0.717) is 6.04 Å². The number of aliphatic hydroxyl groups excluding tert-OH is 1. The number of aliphatic hydroxyl groups is 1. The van der Waals surface area contributed by atoms with Gasteiger partial charge in [0.2, 0.25) is 0 Å². The molecule has 1 aromatic carbocycles. The van der Waals surface area contributed by atoms with Gasteiger partial charge in [-0.2, -0.15) is 0 Å². The van der Waals surface area contributed by atoms with Crippen LogP contribution in [0, 0.1) is 6.92 Å². The average molecular weight is 356 g/mol. The Morgan fingerprint density at radius 1 is 1.23 bits per heavy atom. The third-order valence-electron chi connectivity index (χ3n) is 6.45. The molecule has 0 saturated heterocycles. The highest BCUT2D eigenvalue weighted by atomic mass is 16.3. The lowest BCUT2D eigenvalue weighted by Gasteiger charge is -2.41. The Hall–Kier alpha value is -1.36. The van der Waals surface area contributed by atoms with E-state index in [1.165, 1.54) is 41.4 Å². The number of nitrogens with zero attached hydrogens (tertiary/aromatic N) is 3. The first-order valence-electron chi connectivity index (χ1n) is 10.4. The number of β-amino-alcohol motifs (C(OH)–C–C–N with tert-alkyl or cyclic N) is 1. The van der Waals surface area contributed by atoms with Crippen LogP contribution < -0.4 is 0 Å². The van der Waals surface area contributed by atoms with Crippen molar-refractivity contribution < 1.29 is 5.11 Å². The van der Waals surface area contributed by atoms with Crippen LogP contribution in [0.25, 0.3) is 10.9 Å². The maximum atomic E-state index is 10.7. The number of hydrogen-bond donors (Lipinski definition) is 1. The molecule has 2 heterocycles. The summed E-state index contributed by atoms with van der Waals surface area (Å²) in [6, 6.07) is 7.40.